The summed E-state index contributed by atoms with van der Waals surface area (Å²) in [6.45, 7) is 1.70. The van der Waals surface area contributed by atoms with Gasteiger partial charge in [-0.15, -0.1) is 11.3 Å². The Balaban J connectivity index is 1.55. The summed E-state index contributed by atoms with van der Waals surface area (Å²) in [5.41, 5.74) is 1.33. The molecule has 1 fully saturated rings. The van der Waals surface area contributed by atoms with E-state index in [4.69, 9.17) is 0 Å². The monoisotopic (exact) mass is 335 g/mol. The third-order valence-corrected chi connectivity index (χ3v) is 4.73. The molecule has 2 unspecified atom stereocenters. The molecule has 0 bridgehead atoms. The normalized spacial score (nSPS) is 20.6. The van der Waals surface area contributed by atoms with Gasteiger partial charge in [-0.1, -0.05) is 12.1 Å². The van der Waals surface area contributed by atoms with Gasteiger partial charge in [-0.2, -0.15) is 0 Å². The summed E-state index contributed by atoms with van der Waals surface area (Å²) in [6, 6.07) is 6.25. The summed E-state index contributed by atoms with van der Waals surface area (Å²) < 4.78 is 12.9. The molecule has 23 heavy (non-hydrogen) atoms. The second kappa shape index (κ2) is 7.16. The number of carbonyl (C=O) groups excluding carboxylic acids is 1. The number of nitrogens with one attached hydrogen (secondary N) is 2. The van der Waals surface area contributed by atoms with Crippen LogP contribution in [0, 0.1) is 11.7 Å². The maximum atomic E-state index is 12.9. The Hall–Kier alpha value is -1.83. The predicted molar refractivity (Wildman–Crippen MR) is 86.0 cm³/mol. The van der Waals surface area contributed by atoms with Gasteiger partial charge in [0.05, 0.1) is 11.1 Å². The number of aliphatic hydroxyl groups excluding tert-OH is 1. The predicted octanol–water partition coefficient (Wildman–Crippen LogP) is 1.18. The summed E-state index contributed by atoms with van der Waals surface area (Å²) in [6.07, 6.45) is 0.156. The number of nitrogens with zero attached hydrogens (tertiary/aromatic N) is 1. The van der Waals surface area contributed by atoms with E-state index in [-0.39, 0.29) is 17.6 Å². The van der Waals surface area contributed by atoms with Crippen molar-refractivity contribution in [3.8, 4) is 0 Å². The Bertz CT molecular complexity index is 674. The number of thiazole rings is 1. The molecular formula is C16H18FN3O2S. The zero-order valence-corrected chi connectivity index (χ0v) is 13.3. The average molecular weight is 335 g/mol. The number of β-amino-alcohol motifs (C(OH)–C–C–N with tert-alkyl or cyclic N) is 1. The molecule has 0 saturated carbocycles. The molecule has 1 aromatic heterocycles. The molecule has 3 rings (SSSR count). The van der Waals surface area contributed by atoms with Crippen LogP contribution in [0.15, 0.2) is 29.6 Å². The molecule has 1 saturated heterocycles. The number of rotatable bonds is 5. The quantitative estimate of drug-likeness (QED) is 0.767. The molecular weight excluding hydrogens is 317 g/mol. The van der Waals surface area contributed by atoms with E-state index in [1.807, 2.05) is 0 Å². The van der Waals surface area contributed by atoms with Gasteiger partial charge in [-0.25, -0.2) is 9.37 Å². The number of hydrogen-bond donors (Lipinski definition) is 3. The molecule has 2 atom stereocenters. The first-order chi connectivity index (χ1) is 11.1. The molecule has 2 heterocycles. The minimum Gasteiger partial charge on any atom is -0.391 e. The minimum absolute atomic E-state index is 0.0382. The third kappa shape index (κ3) is 4.13. The van der Waals surface area contributed by atoms with Crippen molar-refractivity contribution >= 4 is 17.2 Å². The Morgan fingerprint density at radius 1 is 1.39 bits per heavy atom. The summed E-state index contributed by atoms with van der Waals surface area (Å²) in [5, 5.41) is 18.1. The molecule has 1 aliphatic heterocycles. The lowest BCUT2D eigenvalue weighted by Crippen LogP contribution is -2.34. The van der Waals surface area contributed by atoms with E-state index in [1.165, 1.54) is 23.5 Å². The van der Waals surface area contributed by atoms with Gasteiger partial charge >= 0.3 is 0 Å². The summed E-state index contributed by atoms with van der Waals surface area (Å²) in [5.74, 6) is -0.460. The van der Waals surface area contributed by atoms with Gasteiger partial charge in [0.15, 0.2) is 0 Å². The number of amides is 1. The topological polar surface area (TPSA) is 74.2 Å². The lowest BCUT2D eigenvalue weighted by atomic mass is 10.1. The molecule has 1 amide bonds. The van der Waals surface area contributed by atoms with E-state index < -0.39 is 6.10 Å². The second-order valence-electron chi connectivity index (χ2n) is 5.63. The Morgan fingerprint density at radius 3 is 2.87 bits per heavy atom. The van der Waals surface area contributed by atoms with Gasteiger partial charge in [-0.05, 0) is 17.7 Å². The molecule has 0 spiro atoms. The van der Waals surface area contributed by atoms with Crippen LogP contribution >= 0.6 is 11.3 Å². The zero-order chi connectivity index (χ0) is 16.2. The van der Waals surface area contributed by atoms with Crippen LogP contribution < -0.4 is 10.6 Å². The van der Waals surface area contributed by atoms with Gasteiger partial charge in [0.2, 0.25) is 0 Å². The Kier molecular flexibility index (Phi) is 5.00. The largest absolute Gasteiger partial charge is 0.391 e. The zero-order valence-electron chi connectivity index (χ0n) is 12.5. The number of halogens is 1. The molecule has 0 aliphatic carbocycles. The van der Waals surface area contributed by atoms with Crippen LogP contribution in [0.3, 0.4) is 0 Å². The molecule has 1 aromatic carbocycles. The highest BCUT2D eigenvalue weighted by Gasteiger charge is 2.25. The van der Waals surface area contributed by atoms with E-state index in [1.54, 1.807) is 17.5 Å². The summed E-state index contributed by atoms with van der Waals surface area (Å²) in [7, 11) is 0. The van der Waals surface area contributed by atoms with E-state index in [2.05, 4.69) is 15.6 Å². The highest BCUT2D eigenvalue weighted by Crippen LogP contribution is 2.15. The van der Waals surface area contributed by atoms with Crippen LogP contribution in [0.2, 0.25) is 0 Å². The van der Waals surface area contributed by atoms with Crippen molar-refractivity contribution in [1.29, 1.82) is 0 Å². The number of benzene rings is 1. The molecule has 2 aromatic rings. The van der Waals surface area contributed by atoms with Crippen molar-refractivity contribution in [3.05, 3.63) is 51.7 Å². The third-order valence-electron chi connectivity index (χ3n) is 3.88. The average Bonchev–Trinajstić information content (AvgIpc) is 3.16. The van der Waals surface area contributed by atoms with Crippen molar-refractivity contribution in [3.63, 3.8) is 0 Å². The number of aromatic nitrogens is 1. The molecule has 3 N–H and O–H groups in total. The van der Waals surface area contributed by atoms with E-state index in [0.29, 0.717) is 31.7 Å². The van der Waals surface area contributed by atoms with E-state index in [0.717, 1.165) is 10.6 Å². The first-order valence-electron chi connectivity index (χ1n) is 7.47. The van der Waals surface area contributed by atoms with Crippen LogP contribution in [0.5, 0.6) is 0 Å². The van der Waals surface area contributed by atoms with Crippen LogP contribution in [-0.4, -0.2) is 41.7 Å². The molecule has 0 radical (unpaired) electrons. The molecule has 7 heteroatoms. The van der Waals surface area contributed by atoms with Crippen LogP contribution in [0.25, 0.3) is 0 Å². The van der Waals surface area contributed by atoms with Crippen LogP contribution in [0.4, 0.5) is 4.39 Å². The summed E-state index contributed by atoms with van der Waals surface area (Å²) in [4.78, 5) is 16.4. The first kappa shape index (κ1) is 16.0. The number of hydrogen-bond acceptors (Lipinski definition) is 5. The van der Waals surface area contributed by atoms with Gasteiger partial charge in [0.25, 0.3) is 5.91 Å². The standard InChI is InChI=1S/C16H18FN3O2S/c17-12-3-1-10(2-4-12)5-15-20-13(9-23-15)16(22)19-7-11-6-18-8-14(11)21/h1-4,9,11,14,18,21H,5-8H2,(H,19,22). The van der Waals surface area contributed by atoms with E-state index >= 15 is 0 Å². The number of aliphatic hydroxyl groups is 1. The van der Waals surface area contributed by atoms with Crippen molar-refractivity contribution in [2.75, 3.05) is 19.6 Å². The Labute approximate surface area is 137 Å². The van der Waals surface area contributed by atoms with E-state index in [9.17, 15) is 14.3 Å². The fourth-order valence-corrected chi connectivity index (χ4v) is 3.32. The smallest absolute Gasteiger partial charge is 0.270 e. The van der Waals surface area contributed by atoms with Crippen molar-refractivity contribution in [2.24, 2.45) is 5.92 Å². The van der Waals surface area contributed by atoms with Gasteiger partial charge in [0.1, 0.15) is 11.5 Å². The SMILES string of the molecule is O=C(NCC1CNCC1O)c1csc(Cc2ccc(F)cc2)n1. The maximum Gasteiger partial charge on any atom is 0.270 e. The highest BCUT2D eigenvalue weighted by atomic mass is 32.1. The van der Waals surface area contributed by atoms with Crippen molar-refractivity contribution in [1.82, 2.24) is 15.6 Å². The minimum atomic E-state index is -0.417. The Morgan fingerprint density at radius 2 is 2.17 bits per heavy atom. The van der Waals surface area contributed by atoms with Crippen LogP contribution in [0.1, 0.15) is 21.1 Å². The van der Waals surface area contributed by atoms with Crippen molar-refractivity contribution in [2.45, 2.75) is 12.5 Å². The molecule has 122 valence electrons. The fourth-order valence-electron chi connectivity index (χ4n) is 2.52. The molecule has 5 nitrogen and oxygen atoms in total. The van der Waals surface area contributed by atoms with Gasteiger partial charge in [0, 0.05) is 37.4 Å². The van der Waals surface area contributed by atoms with Crippen LogP contribution in [-0.2, 0) is 6.42 Å². The van der Waals surface area contributed by atoms with Gasteiger partial charge in [-0.3, -0.25) is 4.79 Å². The maximum absolute atomic E-state index is 12.9. The highest BCUT2D eigenvalue weighted by molar-refractivity contribution is 7.09. The summed E-state index contributed by atoms with van der Waals surface area (Å²) >= 11 is 1.41. The first-order valence-corrected chi connectivity index (χ1v) is 8.35. The van der Waals surface area contributed by atoms with Crippen molar-refractivity contribution < 1.29 is 14.3 Å². The lowest BCUT2D eigenvalue weighted by molar-refractivity contribution is 0.0922. The lowest BCUT2D eigenvalue weighted by Gasteiger charge is -2.13. The second-order valence-corrected chi connectivity index (χ2v) is 6.57. The molecule has 1 aliphatic rings. The van der Waals surface area contributed by atoms with Gasteiger partial charge < -0.3 is 15.7 Å². The number of carbonyl (C=O) groups is 1. The fraction of sp³-hybridized carbons (Fsp3) is 0.375.